The van der Waals surface area contributed by atoms with Gasteiger partial charge in [0.25, 0.3) is 5.91 Å². The van der Waals surface area contributed by atoms with Gasteiger partial charge in [0, 0.05) is 18.7 Å². The summed E-state index contributed by atoms with van der Waals surface area (Å²) < 4.78 is 5.52. The molecule has 25 heavy (non-hydrogen) atoms. The first-order chi connectivity index (χ1) is 12.1. The largest absolute Gasteiger partial charge is 0.481 e. The third kappa shape index (κ3) is 4.25. The lowest BCUT2D eigenvalue weighted by atomic mass is 9.97. The molecule has 0 fully saturated rings. The standard InChI is InChI=1S/C20H21NO4/c22-19(23)9-11-21(13-15-5-2-1-3-6-15)20(24)17-8-4-7-16-10-12-25-14-18(16)17/h1-8H,9-14H2,(H,22,23). The Labute approximate surface area is 146 Å². The number of nitrogens with zero attached hydrogens (tertiary/aromatic N) is 1. The summed E-state index contributed by atoms with van der Waals surface area (Å²) in [7, 11) is 0. The maximum absolute atomic E-state index is 13.1. The number of fused-ring (bicyclic) bond motifs is 1. The van der Waals surface area contributed by atoms with E-state index in [1.807, 2.05) is 42.5 Å². The van der Waals surface area contributed by atoms with Gasteiger partial charge in [-0.3, -0.25) is 9.59 Å². The van der Waals surface area contributed by atoms with Crippen LogP contribution in [0, 0.1) is 0 Å². The Morgan fingerprint density at radius 1 is 1.08 bits per heavy atom. The van der Waals surface area contributed by atoms with E-state index in [1.165, 1.54) is 0 Å². The summed E-state index contributed by atoms with van der Waals surface area (Å²) in [5, 5.41) is 9.01. The molecule has 0 saturated carbocycles. The Hall–Kier alpha value is -2.66. The molecule has 2 aromatic rings. The summed E-state index contributed by atoms with van der Waals surface area (Å²) in [4.78, 5) is 25.7. The van der Waals surface area contributed by atoms with Crippen molar-refractivity contribution < 1.29 is 19.4 Å². The number of amides is 1. The number of hydrogen-bond donors (Lipinski definition) is 1. The molecule has 0 bridgehead atoms. The Balaban J connectivity index is 1.87. The van der Waals surface area contributed by atoms with Crippen LogP contribution in [0.4, 0.5) is 0 Å². The minimum atomic E-state index is -0.913. The molecule has 1 aliphatic rings. The molecule has 5 heteroatoms. The van der Waals surface area contributed by atoms with Gasteiger partial charge in [0.05, 0.1) is 19.6 Å². The fourth-order valence-electron chi connectivity index (χ4n) is 3.05. The summed E-state index contributed by atoms with van der Waals surface area (Å²) in [6.07, 6.45) is 0.717. The second-order valence-electron chi connectivity index (χ2n) is 6.10. The van der Waals surface area contributed by atoms with Gasteiger partial charge in [-0.15, -0.1) is 0 Å². The minimum Gasteiger partial charge on any atom is -0.481 e. The lowest BCUT2D eigenvalue weighted by Gasteiger charge is -2.25. The molecule has 0 unspecified atom stereocenters. The number of carboxylic acid groups (broad SMARTS) is 1. The van der Waals surface area contributed by atoms with Crippen LogP contribution in [0.25, 0.3) is 0 Å². The number of carboxylic acids is 1. The maximum Gasteiger partial charge on any atom is 0.305 e. The summed E-state index contributed by atoms with van der Waals surface area (Å²) >= 11 is 0. The first-order valence-electron chi connectivity index (χ1n) is 8.38. The van der Waals surface area contributed by atoms with Crippen LogP contribution in [0.1, 0.15) is 33.5 Å². The fraction of sp³-hybridized carbons (Fsp3) is 0.300. The molecule has 2 aromatic carbocycles. The van der Waals surface area contributed by atoms with E-state index < -0.39 is 5.97 Å². The second-order valence-corrected chi connectivity index (χ2v) is 6.10. The molecule has 1 amide bonds. The molecule has 1 N–H and O–H groups in total. The predicted octanol–water partition coefficient (Wildman–Crippen LogP) is 2.88. The number of rotatable bonds is 6. The van der Waals surface area contributed by atoms with Crippen molar-refractivity contribution in [2.75, 3.05) is 13.2 Å². The number of hydrogen-bond acceptors (Lipinski definition) is 3. The van der Waals surface area contributed by atoms with E-state index in [1.54, 1.807) is 11.0 Å². The van der Waals surface area contributed by atoms with E-state index in [0.29, 0.717) is 25.3 Å². The van der Waals surface area contributed by atoms with E-state index in [9.17, 15) is 9.59 Å². The van der Waals surface area contributed by atoms with Gasteiger partial charge in [0.15, 0.2) is 0 Å². The summed E-state index contributed by atoms with van der Waals surface area (Å²) in [5.74, 6) is -1.06. The van der Waals surface area contributed by atoms with Crippen LogP contribution in [-0.2, 0) is 29.1 Å². The van der Waals surface area contributed by atoms with Gasteiger partial charge < -0.3 is 14.7 Å². The van der Waals surface area contributed by atoms with E-state index in [4.69, 9.17) is 9.84 Å². The quantitative estimate of drug-likeness (QED) is 0.879. The van der Waals surface area contributed by atoms with Crippen LogP contribution in [-0.4, -0.2) is 35.0 Å². The molecule has 1 heterocycles. The van der Waals surface area contributed by atoms with Crippen LogP contribution in [0.15, 0.2) is 48.5 Å². The molecular formula is C20H21NO4. The van der Waals surface area contributed by atoms with Gasteiger partial charge in [-0.05, 0) is 29.2 Å². The monoisotopic (exact) mass is 339 g/mol. The highest BCUT2D eigenvalue weighted by molar-refractivity contribution is 5.96. The average molecular weight is 339 g/mol. The summed E-state index contributed by atoms with van der Waals surface area (Å²) in [6.45, 7) is 1.65. The molecule has 0 saturated heterocycles. The molecule has 0 radical (unpaired) electrons. The van der Waals surface area contributed by atoms with Gasteiger partial charge in [-0.1, -0.05) is 42.5 Å². The zero-order valence-corrected chi connectivity index (χ0v) is 14.0. The number of ether oxygens (including phenoxy) is 1. The Morgan fingerprint density at radius 3 is 2.64 bits per heavy atom. The van der Waals surface area contributed by atoms with E-state index in [0.717, 1.165) is 23.1 Å². The van der Waals surface area contributed by atoms with Crippen LogP contribution < -0.4 is 0 Å². The molecule has 5 nitrogen and oxygen atoms in total. The average Bonchev–Trinajstić information content (AvgIpc) is 2.65. The van der Waals surface area contributed by atoms with E-state index >= 15 is 0 Å². The van der Waals surface area contributed by atoms with Crippen LogP contribution in [0.3, 0.4) is 0 Å². The Bertz CT molecular complexity index is 758. The fourth-order valence-corrected chi connectivity index (χ4v) is 3.05. The zero-order valence-electron chi connectivity index (χ0n) is 14.0. The lowest BCUT2D eigenvalue weighted by Crippen LogP contribution is -2.33. The number of carbonyl (C=O) groups is 2. The molecule has 130 valence electrons. The normalized spacial score (nSPS) is 13.1. The molecule has 1 aliphatic heterocycles. The Morgan fingerprint density at radius 2 is 1.88 bits per heavy atom. The third-order valence-electron chi connectivity index (χ3n) is 4.36. The topological polar surface area (TPSA) is 66.8 Å². The van der Waals surface area contributed by atoms with Gasteiger partial charge >= 0.3 is 5.97 Å². The highest BCUT2D eigenvalue weighted by atomic mass is 16.5. The molecule has 3 rings (SSSR count). The number of aliphatic carboxylic acids is 1. The molecule has 0 aliphatic carbocycles. The first kappa shape index (κ1) is 17.2. The number of benzene rings is 2. The van der Waals surface area contributed by atoms with Crippen molar-refractivity contribution in [2.45, 2.75) is 26.0 Å². The van der Waals surface area contributed by atoms with Crippen molar-refractivity contribution in [1.82, 2.24) is 4.90 Å². The van der Waals surface area contributed by atoms with Crippen molar-refractivity contribution in [3.05, 3.63) is 70.8 Å². The highest BCUT2D eigenvalue weighted by Crippen LogP contribution is 2.23. The van der Waals surface area contributed by atoms with Crippen molar-refractivity contribution in [3.63, 3.8) is 0 Å². The van der Waals surface area contributed by atoms with Gasteiger partial charge in [0.2, 0.25) is 0 Å². The number of carbonyl (C=O) groups excluding carboxylic acids is 1. The zero-order chi connectivity index (χ0) is 17.6. The van der Waals surface area contributed by atoms with Crippen molar-refractivity contribution in [2.24, 2.45) is 0 Å². The van der Waals surface area contributed by atoms with Crippen LogP contribution >= 0.6 is 0 Å². The van der Waals surface area contributed by atoms with Crippen molar-refractivity contribution in [3.8, 4) is 0 Å². The third-order valence-corrected chi connectivity index (χ3v) is 4.36. The van der Waals surface area contributed by atoms with Crippen molar-refractivity contribution >= 4 is 11.9 Å². The van der Waals surface area contributed by atoms with Crippen LogP contribution in [0.2, 0.25) is 0 Å². The maximum atomic E-state index is 13.1. The second kappa shape index (κ2) is 7.94. The predicted molar refractivity (Wildman–Crippen MR) is 93.2 cm³/mol. The highest BCUT2D eigenvalue weighted by Gasteiger charge is 2.23. The molecular weight excluding hydrogens is 318 g/mol. The van der Waals surface area contributed by atoms with Gasteiger partial charge in [-0.25, -0.2) is 0 Å². The summed E-state index contributed by atoms with van der Waals surface area (Å²) in [5.41, 5.74) is 3.64. The SMILES string of the molecule is O=C(O)CCN(Cc1ccccc1)C(=O)c1cccc2c1COCC2. The van der Waals surface area contributed by atoms with Crippen LogP contribution in [0.5, 0.6) is 0 Å². The van der Waals surface area contributed by atoms with E-state index in [2.05, 4.69) is 0 Å². The van der Waals surface area contributed by atoms with Crippen molar-refractivity contribution in [1.29, 1.82) is 0 Å². The Kier molecular flexibility index (Phi) is 5.46. The summed E-state index contributed by atoms with van der Waals surface area (Å²) in [6, 6.07) is 15.3. The first-order valence-corrected chi connectivity index (χ1v) is 8.38. The minimum absolute atomic E-state index is 0.0793. The molecule has 0 aromatic heterocycles. The molecule has 0 spiro atoms. The smallest absolute Gasteiger partial charge is 0.305 e. The van der Waals surface area contributed by atoms with Gasteiger partial charge in [0.1, 0.15) is 0 Å². The van der Waals surface area contributed by atoms with Gasteiger partial charge in [-0.2, -0.15) is 0 Å². The molecule has 0 atom stereocenters. The lowest BCUT2D eigenvalue weighted by molar-refractivity contribution is -0.137. The van der Waals surface area contributed by atoms with E-state index in [-0.39, 0.29) is 18.9 Å².